The first-order valence-electron chi connectivity index (χ1n) is 9.45. The van der Waals surface area contributed by atoms with Crippen LogP contribution in [0.2, 0.25) is 10.0 Å². The van der Waals surface area contributed by atoms with E-state index in [0.29, 0.717) is 10.0 Å². The van der Waals surface area contributed by atoms with E-state index in [-0.39, 0.29) is 0 Å². The molecule has 6 heteroatoms. The molecule has 0 fully saturated rings. The molecule has 28 heavy (non-hydrogen) atoms. The normalized spacial score (nSPS) is 11.0. The van der Waals surface area contributed by atoms with Crippen LogP contribution in [-0.2, 0) is 0 Å². The number of nitrogens with one attached hydrogen (secondary N) is 1. The minimum atomic E-state index is 0.693. The molecule has 0 aliphatic heterocycles. The van der Waals surface area contributed by atoms with E-state index in [4.69, 9.17) is 33.2 Å². The Morgan fingerprint density at radius 3 is 1.89 bits per heavy atom. The number of rotatable bonds is 8. The zero-order chi connectivity index (χ0) is 19.9. The van der Waals surface area contributed by atoms with Crippen LogP contribution in [0.1, 0.15) is 13.8 Å². The van der Waals surface area contributed by atoms with Gasteiger partial charge in [-0.05, 0) is 37.4 Å². The molecule has 0 amide bonds. The first-order valence-corrected chi connectivity index (χ1v) is 10.2. The fourth-order valence-corrected chi connectivity index (χ4v) is 3.24. The predicted octanol–water partition coefficient (Wildman–Crippen LogP) is 5.87. The van der Waals surface area contributed by atoms with E-state index in [0.717, 1.165) is 54.5 Å². The van der Waals surface area contributed by atoms with E-state index in [9.17, 15) is 0 Å². The highest BCUT2D eigenvalue weighted by Crippen LogP contribution is 2.31. The number of likely N-dealkylation sites (N-methyl/N-ethyl adjacent to an activating group) is 1. The quantitative estimate of drug-likeness (QED) is 0.500. The molecule has 1 aromatic heterocycles. The van der Waals surface area contributed by atoms with Crippen molar-refractivity contribution in [3.05, 3.63) is 64.8 Å². The molecule has 0 aliphatic rings. The van der Waals surface area contributed by atoms with Crippen molar-refractivity contribution in [2.75, 3.05) is 31.5 Å². The SMILES string of the molecule is CCN(CC)CCNc1cnc(-c2ccc(Cl)cc2)c(-c2ccc(Cl)cc2)n1. The molecule has 4 nitrogen and oxygen atoms in total. The van der Waals surface area contributed by atoms with Crippen LogP contribution in [0.4, 0.5) is 5.82 Å². The number of aromatic nitrogens is 2. The fraction of sp³-hybridized carbons (Fsp3) is 0.273. The highest BCUT2D eigenvalue weighted by Gasteiger charge is 2.13. The summed E-state index contributed by atoms with van der Waals surface area (Å²) in [5.74, 6) is 0.759. The summed E-state index contributed by atoms with van der Waals surface area (Å²) in [5, 5.41) is 4.78. The zero-order valence-electron chi connectivity index (χ0n) is 16.1. The first-order chi connectivity index (χ1) is 13.6. The lowest BCUT2D eigenvalue weighted by atomic mass is 10.0. The van der Waals surface area contributed by atoms with Gasteiger partial charge in [-0.1, -0.05) is 61.3 Å². The van der Waals surface area contributed by atoms with E-state index >= 15 is 0 Å². The van der Waals surface area contributed by atoms with Crippen molar-refractivity contribution in [2.45, 2.75) is 13.8 Å². The van der Waals surface area contributed by atoms with Crippen molar-refractivity contribution in [1.29, 1.82) is 0 Å². The standard InChI is InChI=1S/C22H24Cl2N4/c1-3-28(4-2)14-13-25-20-15-26-21(16-5-9-18(23)10-6-16)22(27-20)17-7-11-19(24)12-8-17/h5-12,15H,3-4,13-14H2,1-2H3,(H,25,27). The number of nitrogens with zero attached hydrogens (tertiary/aromatic N) is 3. The van der Waals surface area contributed by atoms with Crippen molar-refractivity contribution in [1.82, 2.24) is 14.9 Å². The van der Waals surface area contributed by atoms with Gasteiger partial charge in [-0.15, -0.1) is 0 Å². The Hall–Kier alpha value is -2.14. The van der Waals surface area contributed by atoms with Gasteiger partial charge in [0.2, 0.25) is 0 Å². The Morgan fingerprint density at radius 2 is 1.36 bits per heavy atom. The predicted molar refractivity (Wildman–Crippen MR) is 119 cm³/mol. The summed E-state index contributed by atoms with van der Waals surface area (Å²) in [7, 11) is 0. The summed E-state index contributed by atoms with van der Waals surface area (Å²) in [6, 6.07) is 15.3. The van der Waals surface area contributed by atoms with E-state index < -0.39 is 0 Å². The van der Waals surface area contributed by atoms with Crippen LogP contribution in [0.25, 0.3) is 22.5 Å². The maximum atomic E-state index is 6.06. The Kier molecular flexibility index (Phi) is 7.26. The summed E-state index contributed by atoms with van der Waals surface area (Å²) in [6.07, 6.45) is 1.78. The lowest BCUT2D eigenvalue weighted by Gasteiger charge is -2.18. The van der Waals surface area contributed by atoms with Crippen LogP contribution in [-0.4, -0.2) is 41.0 Å². The van der Waals surface area contributed by atoms with Crippen LogP contribution in [0.5, 0.6) is 0 Å². The molecule has 3 rings (SSSR count). The fourth-order valence-electron chi connectivity index (χ4n) is 2.98. The number of anilines is 1. The number of halogens is 2. The third-order valence-electron chi connectivity index (χ3n) is 4.64. The second-order valence-corrected chi connectivity index (χ2v) is 7.29. The smallest absolute Gasteiger partial charge is 0.145 e. The summed E-state index contributed by atoms with van der Waals surface area (Å²) < 4.78 is 0. The molecule has 146 valence electrons. The van der Waals surface area contributed by atoms with E-state index in [1.807, 2.05) is 48.5 Å². The molecule has 3 aromatic rings. The maximum Gasteiger partial charge on any atom is 0.145 e. The minimum Gasteiger partial charge on any atom is -0.367 e. The topological polar surface area (TPSA) is 41.0 Å². The van der Waals surface area contributed by atoms with Crippen molar-refractivity contribution in [3.8, 4) is 22.5 Å². The van der Waals surface area contributed by atoms with Crippen LogP contribution >= 0.6 is 23.2 Å². The van der Waals surface area contributed by atoms with Gasteiger partial charge in [-0.2, -0.15) is 0 Å². The van der Waals surface area contributed by atoms with E-state index in [1.165, 1.54) is 0 Å². The maximum absolute atomic E-state index is 6.06. The molecule has 0 saturated carbocycles. The minimum absolute atomic E-state index is 0.693. The Balaban J connectivity index is 1.91. The van der Waals surface area contributed by atoms with Gasteiger partial charge in [0.15, 0.2) is 0 Å². The summed E-state index contributed by atoms with van der Waals surface area (Å²) in [4.78, 5) is 11.9. The highest BCUT2D eigenvalue weighted by molar-refractivity contribution is 6.31. The lowest BCUT2D eigenvalue weighted by Crippen LogP contribution is -2.28. The van der Waals surface area contributed by atoms with Crippen molar-refractivity contribution in [3.63, 3.8) is 0 Å². The Morgan fingerprint density at radius 1 is 0.821 bits per heavy atom. The average molecular weight is 415 g/mol. The van der Waals surface area contributed by atoms with Crippen molar-refractivity contribution >= 4 is 29.0 Å². The molecule has 0 saturated heterocycles. The molecular formula is C22H24Cl2N4. The molecule has 0 unspecified atom stereocenters. The van der Waals surface area contributed by atoms with Gasteiger partial charge in [0, 0.05) is 34.3 Å². The Labute approximate surface area is 176 Å². The van der Waals surface area contributed by atoms with E-state index in [2.05, 4.69) is 24.1 Å². The summed E-state index contributed by atoms with van der Waals surface area (Å²) in [6.45, 7) is 8.19. The van der Waals surface area contributed by atoms with Gasteiger partial charge < -0.3 is 10.2 Å². The second kappa shape index (κ2) is 9.87. The van der Waals surface area contributed by atoms with Gasteiger partial charge >= 0.3 is 0 Å². The zero-order valence-corrected chi connectivity index (χ0v) is 17.6. The summed E-state index contributed by atoms with van der Waals surface area (Å²) >= 11 is 12.1. The highest BCUT2D eigenvalue weighted by atomic mass is 35.5. The van der Waals surface area contributed by atoms with E-state index in [1.54, 1.807) is 6.20 Å². The second-order valence-electron chi connectivity index (χ2n) is 6.42. The van der Waals surface area contributed by atoms with Crippen molar-refractivity contribution in [2.24, 2.45) is 0 Å². The molecule has 0 bridgehead atoms. The number of hydrogen-bond acceptors (Lipinski definition) is 4. The molecular weight excluding hydrogens is 391 g/mol. The summed E-state index contributed by atoms with van der Waals surface area (Å²) in [5.41, 5.74) is 3.56. The van der Waals surface area contributed by atoms with Crippen LogP contribution in [0, 0.1) is 0 Å². The van der Waals surface area contributed by atoms with Gasteiger partial charge in [-0.25, -0.2) is 4.98 Å². The van der Waals surface area contributed by atoms with Gasteiger partial charge in [-0.3, -0.25) is 4.98 Å². The molecule has 0 spiro atoms. The Bertz CT molecular complexity index is 891. The van der Waals surface area contributed by atoms with Crippen LogP contribution in [0.3, 0.4) is 0 Å². The first kappa shape index (κ1) is 20.6. The van der Waals surface area contributed by atoms with Crippen LogP contribution < -0.4 is 5.32 Å². The third kappa shape index (κ3) is 5.22. The molecule has 0 atom stereocenters. The number of hydrogen-bond donors (Lipinski definition) is 1. The lowest BCUT2D eigenvalue weighted by molar-refractivity contribution is 0.316. The largest absolute Gasteiger partial charge is 0.367 e. The van der Waals surface area contributed by atoms with Crippen LogP contribution in [0.15, 0.2) is 54.7 Å². The number of benzene rings is 2. The molecule has 1 N–H and O–H groups in total. The molecule has 2 aromatic carbocycles. The average Bonchev–Trinajstić information content (AvgIpc) is 2.72. The van der Waals surface area contributed by atoms with Gasteiger partial charge in [0.05, 0.1) is 17.6 Å². The molecule has 1 heterocycles. The molecule has 0 radical (unpaired) electrons. The van der Waals surface area contributed by atoms with Crippen molar-refractivity contribution < 1.29 is 0 Å². The third-order valence-corrected chi connectivity index (χ3v) is 5.14. The van der Waals surface area contributed by atoms with Gasteiger partial charge in [0.1, 0.15) is 5.82 Å². The molecule has 0 aliphatic carbocycles. The van der Waals surface area contributed by atoms with Gasteiger partial charge in [0.25, 0.3) is 0 Å². The monoisotopic (exact) mass is 414 g/mol.